The number of anilines is 1. The summed E-state index contributed by atoms with van der Waals surface area (Å²) in [6, 6.07) is 13.7. The quantitative estimate of drug-likeness (QED) is 0.477. The Morgan fingerprint density at radius 3 is 2.52 bits per heavy atom. The summed E-state index contributed by atoms with van der Waals surface area (Å²) in [4.78, 5) is 48.8. The summed E-state index contributed by atoms with van der Waals surface area (Å²) < 4.78 is -0.966. The molecule has 2 saturated heterocycles. The molecular weight excluding hydrogens is 570 g/mol. The topological polar surface area (TPSA) is 81.2 Å². The van der Waals surface area contributed by atoms with Gasteiger partial charge < -0.3 is 19.8 Å². The first kappa shape index (κ1) is 29.0. The van der Waals surface area contributed by atoms with E-state index in [1.54, 1.807) is 27.6 Å². The van der Waals surface area contributed by atoms with E-state index in [0.717, 1.165) is 17.5 Å². The lowest BCUT2D eigenvalue weighted by atomic mass is 9.78. The van der Waals surface area contributed by atoms with Crippen LogP contribution in [0.3, 0.4) is 0 Å². The average molecular weight is 606 g/mol. The van der Waals surface area contributed by atoms with Gasteiger partial charge >= 0.3 is 0 Å². The van der Waals surface area contributed by atoms with Crippen molar-refractivity contribution >= 4 is 46.8 Å². The number of benzene rings is 2. The summed E-state index contributed by atoms with van der Waals surface area (Å²) in [5.41, 5.74) is 2.43. The minimum atomic E-state index is -0.966. The second-order valence-electron chi connectivity index (χ2n) is 11.6. The minimum absolute atomic E-state index is 0.0392. The molecule has 1 unspecified atom stereocenters. The second kappa shape index (κ2) is 11.5. The number of amides is 3. The summed E-state index contributed by atoms with van der Waals surface area (Å²) in [7, 11) is 0. The molecule has 42 heavy (non-hydrogen) atoms. The summed E-state index contributed by atoms with van der Waals surface area (Å²) in [5, 5.41) is 11.0. The lowest BCUT2D eigenvalue weighted by molar-refractivity contribution is -0.144. The van der Waals surface area contributed by atoms with E-state index in [1.807, 2.05) is 79.4 Å². The largest absolute Gasteiger partial charge is 0.394 e. The normalized spacial score (nSPS) is 29.3. The fraction of sp³-hybridized carbons (Fsp3) is 0.424. The highest BCUT2D eigenvalue weighted by molar-refractivity contribution is 8.02. The summed E-state index contributed by atoms with van der Waals surface area (Å²) in [6.07, 6.45) is 9.23. The summed E-state index contributed by atoms with van der Waals surface area (Å²) in [5.74, 6) is -1.86. The number of carbonyl (C=O) groups excluding carboxylic acids is 3. The van der Waals surface area contributed by atoms with Gasteiger partial charge in [-0.2, -0.15) is 0 Å². The molecule has 0 bridgehead atoms. The number of fused-ring (bicyclic) bond motifs is 2. The molecular formula is C33H36ClN3O4S. The molecule has 4 heterocycles. The Kier molecular flexibility index (Phi) is 7.98. The van der Waals surface area contributed by atoms with E-state index >= 15 is 0 Å². The van der Waals surface area contributed by atoms with E-state index in [-0.39, 0.29) is 29.6 Å². The molecule has 1 N–H and O–H groups in total. The number of para-hydroxylation sites is 1. The molecule has 6 rings (SSSR count). The number of aliphatic hydroxyl groups is 1. The Morgan fingerprint density at radius 1 is 1.02 bits per heavy atom. The number of carbonyl (C=O) groups is 3. The molecule has 7 nitrogen and oxygen atoms in total. The molecule has 4 aliphatic heterocycles. The molecule has 0 radical (unpaired) electrons. The zero-order valence-electron chi connectivity index (χ0n) is 23.9. The third-order valence-electron chi connectivity index (χ3n) is 9.05. The number of aliphatic hydroxyl groups excluding tert-OH is 1. The van der Waals surface area contributed by atoms with Crippen molar-refractivity contribution in [2.24, 2.45) is 11.8 Å². The molecule has 9 heteroatoms. The van der Waals surface area contributed by atoms with Gasteiger partial charge in [0.25, 0.3) is 5.91 Å². The van der Waals surface area contributed by atoms with E-state index in [1.165, 1.54) is 0 Å². The van der Waals surface area contributed by atoms with Crippen LogP contribution in [-0.2, 0) is 20.8 Å². The Labute approximate surface area is 256 Å². The van der Waals surface area contributed by atoms with Crippen molar-refractivity contribution in [3.8, 4) is 0 Å². The van der Waals surface area contributed by atoms with Crippen LogP contribution in [0.1, 0.15) is 24.5 Å². The van der Waals surface area contributed by atoms with Crippen LogP contribution in [0.25, 0.3) is 0 Å². The number of thioether (sulfide) groups is 1. The van der Waals surface area contributed by atoms with Crippen molar-refractivity contribution < 1.29 is 19.5 Å². The first-order valence-electron chi connectivity index (χ1n) is 14.7. The second-order valence-corrected chi connectivity index (χ2v) is 13.5. The highest BCUT2D eigenvalue weighted by Crippen LogP contribution is 2.61. The third kappa shape index (κ3) is 4.59. The number of hydrogen-bond acceptors (Lipinski definition) is 5. The fourth-order valence-electron chi connectivity index (χ4n) is 7.30. The van der Waals surface area contributed by atoms with Gasteiger partial charge in [0.2, 0.25) is 11.8 Å². The number of aryl methyl sites for hydroxylation is 1. The van der Waals surface area contributed by atoms with Gasteiger partial charge in [0.05, 0.1) is 39.9 Å². The smallest absolute Gasteiger partial charge is 0.251 e. The predicted octanol–water partition coefficient (Wildman–Crippen LogP) is 4.26. The van der Waals surface area contributed by atoms with E-state index in [0.29, 0.717) is 36.8 Å². The van der Waals surface area contributed by atoms with Crippen LogP contribution in [0, 0.1) is 18.8 Å². The molecule has 0 aliphatic carbocycles. The lowest BCUT2D eigenvalue weighted by Crippen LogP contribution is -2.57. The van der Waals surface area contributed by atoms with Crippen LogP contribution >= 0.6 is 23.4 Å². The number of rotatable bonds is 7. The van der Waals surface area contributed by atoms with Gasteiger partial charge in [-0.15, -0.1) is 11.8 Å². The van der Waals surface area contributed by atoms with E-state index in [2.05, 4.69) is 6.08 Å². The number of halogens is 1. The van der Waals surface area contributed by atoms with Gasteiger partial charge in [0.1, 0.15) is 6.04 Å². The fourth-order valence-corrected chi connectivity index (χ4v) is 9.61. The Bertz CT molecular complexity index is 1430. The molecule has 1 spiro atoms. The van der Waals surface area contributed by atoms with Gasteiger partial charge in [-0.25, -0.2) is 0 Å². The number of hydrogen-bond donors (Lipinski definition) is 1. The van der Waals surface area contributed by atoms with Crippen molar-refractivity contribution in [1.29, 1.82) is 0 Å². The highest BCUT2D eigenvalue weighted by atomic mass is 35.5. The maximum absolute atomic E-state index is 14.8. The molecule has 0 saturated carbocycles. The number of nitrogens with zero attached hydrogens (tertiary/aromatic N) is 3. The molecule has 4 aliphatic rings. The standard InChI is InChI=1S/C33H36ClN3O4S/c1-3-16-35-17-8-14-25-26(30(35)39)27-31(40)37(23(20-38)19-22-11-5-4-6-12-22)29-32(41)36(18-9-15-33(27,29)42-25)28-21(2)10-7-13-24(28)34/h4-15,23,25-27,29,38H,3,16-20H2,1-2H3/t23-,25+,26-,27+,29?,33+/m1/s1. The zero-order valence-corrected chi connectivity index (χ0v) is 25.4. The van der Waals surface area contributed by atoms with Gasteiger partial charge in [-0.3, -0.25) is 14.4 Å². The van der Waals surface area contributed by atoms with Gasteiger partial charge in [-0.05, 0) is 37.0 Å². The minimum Gasteiger partial charge on any atom is -0.394 e. The molecule has 3 amide bonds. The maximum atomic E-state index is 14.8. The van der Waals surface area contributed by atoms with Crippen molar-refractivity contribution in [3.05, 3.63) is 89.0 Å². The molecule has 220 valence electrons. The molecule has 2 aromatic rings. The number of likely N-dealkylation sites (tertiary alicyclic amines) is 1. The van der Waals surface area contributed by atoms with E-state index in [4.69, 9.17) is 11.6 Å². The Morgan fingerprint density at radius 2 is 1.81 bits per heavy atom. The van der Waals surface area contributed by atoms with E-state index < -0.39 is 28.7 Å². The van der Waals surface area contributed by atoms with Crippen LogP contribution in [0.2, 0.25) is 5.02 Å². The lowest BCUT2D eigenvalue weighted by Gasteiger charge is -2.39. The van der Waals surface area contributed by atoms with Crippen molar-refractivity contribution in [2.75, 3.05) is 31.1 Å². The molecule has 0 aromatic heterocycles. The maximum Gasteiger partial charge on any atom is 0.251 e. The zero-order chi connectivity index (χ0) is 29.6. The SMILES string of the molecule is CCCN1CC=C[C@@H]2S[C@]34C=CCN(c5c(C)cccc5Cl)C(=O)C3N([C@@H](CO)Cc3ccccc3)C(=O)[C@@H]4[C@@H]2C1=O. The van der Waals surface area contributed by atoms with Gasteiger partial charge in [0, 0.05) is 24.9 Å². The highest BCUT2D eigenvalue weighted by Gasteiger charge is 2.71. The van der Waals surface area contributed by atoms with Crippen LogP contribution in [-0.4, -0.2) is 80.9 Å². The van der Waals surface area contributed by atoms with Crippen molar-refractivity contribution in [1.82, 2.24) is 9.80 Å². The Balaban J connectivity index is 1.49. The molecule has 6 atom stereocenters. The van der Waals surface area contributed by atoms with Crippen LogP contribution in [0.15, 0.2) is 72.8 Å². The van der Waals surface area contributed by atoms with Crippen molar-refractivity contribution in [3.63, 3.8) is 0 Å². The van der Waals surface area contributed by atoms with Crippen molar-refractivity contribution in [2.45, 2.75) is 48.8 Å². The first-order valence-corrected chi connectivity index (χ1v) is 15.9. The average Bonchev–Trinajstić information content (AvgIpc) is 3.31. The molecule has 2 aromatic carbocycles. The third-order valence-corrected chi connectivity index (χ3v) is 11.1. The van der Waals surface area contributed by atoms with Gasteiger partial charge in [0.15, 0.2) is 0 Å². The molecule has 2 fully saturated rings. The first-order chi connectivity index (χ1) is 20.3. The summed E-state index contributed by atoms with van der Waals surface area (Å²) >= 11 is 8.23. The van der Waals surface area contributed by atoms with Gasteiger partial charge in [-0.1, -0.05) is 85.3 Å². The Hall–Kier alpha value is -3.07. The van der Waals surface area contributed by atoms with Crippen LogP contribution in [0.5, 0.6) is 0 Å². The summed E-state index contributed by atoms with van der Waals surface area (Å²) in [6.45, 7) is 5.06. The monoisotopic (exact) mass is 605 g/mol. The van der Waals surface area contributed by atoms with Crippen LogP contribution in [0.4, 0.5) is 5.69 Å². The predicted molar refractivity (Wildman–Crippen MR) is 166 cm³/mol. The van der Waals surface area contributed by atoms with E-state index in [9.17, 15) is 19.5 Å². The van der Waals surface area contributed by atoms with Crippen LogP contribution < -0.4 is 4.90 Å².